The van der Waals surface area contributed by atoms with Gasteiger partial charge in [-0.3, -0.25) is 9.23 Å². The van der Waals surface area contributed by atoms with Crippen molar-refractivity contribution in [3.8, 4) is 28.6 Å². The van der Waals surface area contributed by atoms with E-state index in [1.54, 1.807) is 7.05 Å². The molecule has 13 heteroatoms. The van der Waals surface area contributed by atoms with Gasteiger partial charge in [0.2, 0.25) is 5.82 Å². The average Bonchev–Trinajstić information content (AvgIpc) is 3.38. The Morgan fingerprint density at radius 1 is 1.09 bits per heavy atom. The second kappa shape index (κ2) is 8.33. The predicted molar refractivity (Wildman–Crippen MR) is 108 cm³/mol. The third-order valence-corrected chi connectivity index (χ3v) is 5.55. The Morgan fingerprint density at radius 3 is 2.36 bits per heavy atom. The first-order valence-electron chi connectivity index (χ1n) is 9.25. The Balaban J connectivity index is 1.53. The van der Waals surface area contributed by atoms with Crippen LogP contribution in [0.4, 0.5) is 13.2 Å². The molecule has 9 nitrogen and oxygen atoms in total. The van der Waals surface area contributed by atoms with E-state index in [9.17, 15) is 21.6 Å². The molecule has 0 aliphatic heterocycles. The molecule has 2 aromatic carbocycles. The summed E-state index contributed by atoms with van der Waals surface area (Å²) in [5, 5.41) is 8.06. The zero-order valence-corrected chi connectivity index (χ0v) is 17.6. The number of aryl methyl sites for hydroxylation is 1. The van der Waals surface area contributed by atoms with Crippen molar-refractivity contribution in [2.24, 2.45) is 7.05 Å². The highest BCUT2D eigenvalue weighted by Gasteiger charge is 2.30. The van der Waals surface area contributed by atoms with Crippen molar-refractivity contribution in [2.75, 3.05) is 0 Å². The van der Waals surface area contributed by atoms with Crippen LogP contribution in [0.1, 0.15) is 11.3 Å². The van der Waals surface area contributed by atoms with E-state index in [4.69, 9.17) is 13.8 Å². The van der Waals surface area contributed by atoms with Gasteiger partial charge in [-0.25, -0.2) is 0 Å². The second-order valence-corrected chi connectivity index (χ2v) is 8.28. The van der Waals surface area contributed by atoms with E-state index in [0.29, 0.717) is 16.8 Å². The van der Waals surface area contributed by atoms with Crippen molar-refractivity contribution < 1.29 is 35.4 Å². The highest BCUT2D eigenvalue weighted by Crippen LogP contribution is 2.31. The predicted octanol–water partition coefficient (Wildman–Crippen LogP) is 3.98. The van der Waals surface area contributed by atoms with Crippen molar-refractivity contribution >= 4 is 10.1 Å². The van der Waals surface area contributed by atoms with Crippen LogP contribution in [-0.4, -0.2) is 32.9 Å². The molecule has 0 aliphatic carbocycles. The molecule has 0 saturated heterocycles. The number of alkyl halides is 3. The number of halogens is 3. The molecule has 0 atom stereocenters. The van der Waals surface area contributed by atoms with Gasteiger partial charge in [-0.05, 0) is 48.5 Å². The molecule has 172 valence electrons. The standard InChI is InChI=1S/C20H15F3N4O5S/c1-27-17(11-31-14-6-4-13(5-7-14)20(21,22)23)16(10-24-27)18-25-19(32-26-18)12-2-8-15(9-3-12)33(28,29)30/h2-10H,11H2,1H3,(H,28,29,30). The molecule has 1 N–H and O–H groups in total. The van der Waals surface area contributed by atoms with Gasteiger partial charge in [-0.15, -0.1) is 0 Å². The van der Waals surface area contributed by atoms with Crippen molar-refractivity contribution in [1.82, 2.24) is 19.9 Å². The third-order valence-electron chi connectivity index (χ3n) is 4.68. The fourth-order valence-corrected chi connectivity index (χ4v) is 3.41. The van der Waals surface area contributed by atoms with Gasteiger partial charge in [0.25, 0.3) is 16.0 Å². The lowest BCUT2D eigenvalue weighted by atomic mass is 10.2. The minimum atomic E-state index is -4.43. The van der Waals surface area contributed by atoms with Crippen molar-refractivity contribution in [1.29, 1.82) is 0 Å². The number of hydrogen-bond donors (Lipinski definition) is 1. The zero-order chi connectivity index (χ0) is 23.8. The highest BCUT2D eigenvalue weighted by atomic mass is 32.2. The van der Waals surface area contributed by atoms with Crippen molar-refractivity contribution in [3.05, 3.63) is 66.0 Å². The lowest BCUT2D eigenvalue weighted by Crippen LogP contribution is -2.06. The van der Waals surface area contributed by atoms with Gasteiger partial charge in [-0.1, -0.05) is 5.16 Å². The van der Waals surface area contributed by atoms with Gasteiger partial charge < -0.3 is 9.26 Å². The van der Waals surface area contributed by atoms with E-state index in [0.717, 1.165) is 12.1 Å². The zero-order valence-electron chi connectivity index (χ0n) is 16.8. The number of hydrogen-bond acceptors (Lipinski definition) is 7. The van der Waals surface area contributed by atoms with Gasteiger partial charge >= 0.3 is 6.18 Å². The van der Waals surface area contributed by atoms with Gasteiger partial charge in [0, 0.05) is 12.6 Å². The summed E-state index contributed by atoms with van der Waals surface area (Å²) in [6, 6.07) is 9.50. The summed E-state index contributed by atoms with van der Waals surface area (Å²) < 4.78 is 81.9. The van der Waals surface area contributed by atoms with E-state index in [2.05, 4.69) is 15.2 Å². The Labute approximate surface area is 185 Å². The summed E-state index contributed by atoms with van der Waals surface area (Å²) in [5.74, 6) is 0.524. The summed E-state index contributed by atoms with van der Waals surface area (Å²) in [6.07, 6.45) is -2.95. The molecule has 0 unspecified atom stereocenters. The second-order valence-electron chi connectivity index (χ2n) is 6.86. The summed E-state index contributed by atoms with van der Waals surface area (Å²) in [4.78, 5) is 4.01. The summed E-state index contributed by atoms with van der Waals surface area (Å²) in [5.41, 5.74) is 0.672. The molecule has 0 bridgehead atoms. The maximum atomic E-state index is 12.7. The van der Waals surface area contributed by atoms with E-state index in [1.165, 1.54) is 47.3 Å². The molecule has 0 radical (unpaired) electrons. The summed E-state index contributed by atoms with van der Waals surface area (Å²) in [7, 11) is -2.67. The smallest absolute Gasteiger partial charge is 0.416 e. The quantitative estimate of drug-likeness (QED) is 0.412. The molecule has 0 spiro atoms. The minimum Gasteiger partial charge on any atom is -0.487 e. The number of nitrogens with zero attached hydrogens (tertiary/aromatic N) is 4. The van der Waals surface area contributed by atoms with Crippen molar-refractivity contribution in [2.45, 2.75) is 17.7 Å². The first-order valence-corrected chi connectivity index (χ1v) is 10.7. The maximum Gasteiger partial charge on any atom is 0.416 e. The molecule has 0 saturated carbocycles. The SMILES string of the molecule is Cn1ncc(-c2noc(-c3ccc(S(=O)(=O)O)cc3)n2)c1COc1ccc(C(F)(F)F)cc1. The third kappa shape index (κ3) is 4.88. The number of benzene rings is 2. The Hall–Kier alpha value is -3.71. The first-order chi connectivity index (χ1) is 15.5. The average molecular weight is 480 g/mol. The maximum absolute atomic E-state index is 12.7. The van der Waals surface area contributed by atoms with Crippen LogP contribution in [0.5, 0.6) is 5.75 Å². The monoisotopic (exact) mass is 480 g/mol. The van der Waals surface area contributed by atoms with Crippen LogP contribution in [0.15, 0.2) is 64.1 Å². The Morgan fingerprint density at radius 2 is 1.76 bits per heavy atom. The van der Waals surface area contributed by atoms with E-state index in [-0.39, 0.29) is 29.0 Å². The largest absolute Gasteiger partial charge is 0.487 e. The van der Waals surface area contributed by atoms with Gasteiger partial charge in [0.1, 0.15) is 12.4 Å². The highest BCUT2D eigenvalue weighted by molar-refractivity contribution is 7.85. The number of aromatic nitrogens is 4. The Bertz CT molecular complexity index is 1380. The molecule has 2 aromatic heterocycles. The lowest BCUT2D eigenvalue weighted by molar-refractivity contribution is -0.137. The minimum absolute atomic E-state index is 0.0237. The van der Waals surface area contributed by atoms with Crippen LogP contribution in [0.25, 0.3) is 22.8 Å². The van der Waals surface area contributed by atoms with Crippen LogP contribution in [-0.2, 0) is 29.9 Å². The van der Waals surface area contributed by atoms with E-state index < -0.39 is 21.9 Å². The number of rotatable bonds is 6. The molecule has 33 heavy (non-hydrogen) atoms. The van der Waals surface area contributed by atoms with Crippen molar-refractivity contribution in [3.63, 3.8) is 0 Å². The van der Waals surface area contributed by atoms with Crippen LogP contribution in [0.3, 0.4) is 0 Å². The van der Waals surface area contributed by atoms with Gasteiger partial charge in [0.05, 0.1) is 27.9 Å². The molecule has 0 fully saturated rings. The molecule has 4 rings (SSSR count). The molecule has 4 aromatic rings. The lowest BCUT2D eigenvalue weighted by Gasteiger charge is -2.10. The van der Waals surface area contributed by atoms with E-state index in [1.807, 2.05) is 0 Å². The van der Waals surface area contributed by atoms with Gasteiger partial charge in [0.15, 0.2) is 0 Å². The topological polar surface area (TPSA) is 120 Å². The summed E-state index contributed by atoms with van der Waals surface area (Å²) >= 11 is 0. The van der Waals surface area contributed by atoms with Crippen LogP contribution >= 0.6 is 0 Å². The Kier molecular flexibility index (Phi) is 5.68. The van der Waals surface area contributed by atoms with Crippen LogP contribution in [0, 0.1) is 0 Å². The van der Waals surface area contributed by atoms with Crippen LogP contribution in [0.2, 0.25) is 0 Å². The fourth-order valence-electron chi connectivity index (χ4n) is 2.93. The number of ether oxygens (including phenoxy) is 1. The van der Waals surface area contributed by atoms with Crippen LogP contribution < -0.4 is 4.74 Å². The first kappa shape index (κ1) is 22.5. The molecule has 2 heterocycles. The normalized spacial score (nSPS) is 12.2. The van der Waals surface area contributed by atoms with Gasteiger partial charge in [-0.2, -0.15) is 31.7 Å². The molecule has 0 aliphatic rings. The summed E-state index contributed by atoms with van der Waals surface area (Å²) in [6.45, 7) is -0.0237. The molecular weight excluding hydrogens is 465 g/mol. The molecule has 0 amide bonds. The van der Waals surface area contributed by atoms with E-state index >= 15 is 0 Å². The fraction of sp³-hybridized carbons (Fsp3) is 0.150. The molecular formula is C20H15F3N4O5S.